The molecule has 1 fully saturated rings. The molecule has 2 aromatic rings. The molecule has 1 aliphatic rings. The zero-order chi connectivity index (χ0) is 16.8. The van der Waals surface area contributed by atoms with E-state index in [1.807, 2.05) is 61.5 Å². The second-order valence-electron chi connectivity index (χ2n) is 6.18. The Kier molecular flexibility index (Phi) is 5.38. The number of benzene rings is 2. The predicted octanol–water partition coefficient (Wildman–Crippen LogP) is 3.06. The van der Waals surface area contributed by atoms with Crippen molar-refractivity contribution in [2.24, 2.45) is 0 Å². The number of ether oxygens (including phenoxy) is 2. The lowest BCUT2D eigenvalue weighted by Crippen LogP contribution is -2.32. The van der Waals surface area contributed by atoms with E-state index >= 15 is 0 Å². The normalized spacial score (nSPS) is 20.9. The van der Waals surface area contributed by atoms with Crippen LogP contribution in [0.3, 0.4) is 0 Å². The number of aliphatic hydroxyl groups is 1. The quantitative estimate of drug-likeness (QED) is 0.849. The van der Waals surface area contributed by atoms with Crippen molar-refractivity contribution in [3.63, 3.8) is 0 Å². The molecule has 3 rings (SSSR count). The highest BCUT2D eigenvalue weighted by atomic mass is 16.5. The predicted molar refractivity (Wildman–Crippen MR) is 94.5 cm³/mol. The summed E-state index contributed by atoms with van der Waals surface area (Å²) in [5, 5.41) is 10.8. The fourth-order valence-electron chi connectivity index (χ4n) is 3.16. The van der Waals surface area contributed by atoms with Gasteiger partial charge in [0.15, 0.2) is 0 Å². The van der Waals surface area contributed by atoms with Crippen molar-refractivity contribution in [2.75, 3.05) is 32.8 Å². The van der Waals surface area contributed by atoms with Gasteiger partial charge >= 0.3 is 0 Å². The molecule has 0 saturated carbocycles. The average molecular weight is 327 g/mol. The highest BCUT2D eigenvalue weighted by Gasteiger charge is 2.37. The average Bonchev–Trinajstić information content (AvgIpc) is 2.99. The van der Waals surface area contributed by atoms with Crippen LogP contribution in [0.15, 0.2) is 54.6 Å². The molecule has 24 heavy (non-hydrogen) atoms. The highest BCUT2D eigenvalue weighted by molar-refractivity contribution is 5.32. The van der Waals surface area contributed by atoms with Crippen molar-refractivity contribution in [3.05, 3.63) is 60.2 Å². The molecule has 1 unspecified atom stereocenters. The molecule has 128 valence electrons. The molecule has 0 spiro atoms. The van der Waals surface area contributed by atoms with Crippen molar-refractivity contribution in [2.45, 2.75) is 18.9 Å². The molecule has 1 heterocycles. The lowest BCUT2D eigenvalue weighted by atomic mass is 9.93. The van der Waals surface area contributed by atoms with Gasteiger partial charge in [0.05, 0.1) is 6.61 Å². The van der Waals surface area contributed by atoms with Crippen LogP contribution >= 0.6 is 0 Å². The first-order valence-corrected chi connectivity index (χ1v) is 8.55. The van der Waals surface area contributed by atoms with Gasteiger partial charge in [0.25, 0.3) is 0 Å². The molecular weight excluding hydrogens is 302 g/mol. The van der Waals surface area contributed by atoms with Crippen LogP contribution in [-0.4, -0.2) is 42.9 Å². The molecule has 0 radical (unpaired) electrons. The highest BCUT2D eigenvalue weighted by Crippen LogP contribution is 2.31. The molecule has 4 heteroatoms. The Labute approximate surface area is 143 Å². The summed E-state index contributed by atoms with van der Waals surface area (Å²) in [6.07, 6.45) is 0.761. The summed E-state index contributed by atoms with van der Waals surface area (Å²) >= 11 is 0. The maximum Gasteiger partial charge on any atom is 0.123 e. The van der Waals surface area contributed by atoms with Crippen LogP contribution in [0.4, 0.5) is 0 Å². The van der Waals surface area contributed by atoms with E-state index in [9.17, 15) is 5.11 Å². The minimum absolute atomic E-state index is 0.598. The van der Waals surface area contributed by atoms with Gasteiger partial charge in [-0.1, -0.05) is 36.4 Å². The van der Waals surface area contributed by atoms with Crippen molar-refractivity contribution in [1.82, 2.24) is 4.90 Å². The Balaban J connectivity index is 1.49. The number of rotatable bonds is 7. The summed E-state index contributed by atoms with van der Waals surface area (Å²) in [6.45, 7) is 5.55. The van der Waals surface area contributed by atoms with Crippen molar-refractivity contribution in [1.29, 1.82) is 0 Å². The molecule has 1 N–H and O–H groups in total. The first kappa shape index (κ1) is 16.8. The third kappa shape index (κ3) is 4.08. The Morgan fingerprint density at radius 3 is 2.54 bits per heavy atom. The maximum atomic E-state index is 10.8. The summed E-state index contributed by atoms with van der Waals surface area (Å²) in [5.74, 6) is 1.65. The number of hydrogen-bond donors (Lipinski definition) is 1. The van der Waals surface area contributed by atoms with Gasteiger partial charge in [-0.05, 0) is 31.0 Å². The Hall–Kier alpha value is -2.04. The molecule has 1 aliphatic heterocycles. The third-order valence-electron chi connectivity index (χ3n) is 4.43. The van der Waals surface area contributed by atoms with Gasteiger partial charge in [-0.15, -0.1) is 0 Å². The van der Waals surface area contributed by atoms with Crippen LogP contribution in [0.25, 0.3) is 0 Å². The van der Waals surface area contributed by atoms with Crippen molar-refractivity contribution >= 4 is 0 Å². The van der Waals surface area contributed by atoms with Gasteiger partial charge in [-0.2, -0.15) is 0 Å². The van der Waals surface area contributed by atoms with Crippen LogP contribution in [0.1, 0.15) is 18.9 Å². The first-order valence-electron chi connectivity index (χ1n) is 8.55. The lowest BCUT2D eigenvalue weighted by molar-refractivity contribution is 0.0447. The van der Waals surface area contributed by atoms with Crippen molar-refractivity contribution < 1.29 is 14.6 Å². The van der Waals surface area contributed by atoms with E-state index in [2.05, 4.69) is 4.90 Å². The third-order valence-corrected chi connectivity index (χ3v) is 4.43. The zero-order valence-corrected chi connectivity index (χ0v) is 14.1. The van der Waals surface area contributed by atoms with Gasteiger partial charge in [0.1, 0.15) is 23.7 Å². The van der Waals surface area contributed by atoms with Crippen LogP contribution in [0, 0.1) is 0 Å². The fraction of sp³-hybridized carbons (Fsp3) is 0.400. The summed E-state index contributed by atoms with van der Waals surface area (Å²) in [4.78, 5) is 2.25. The van der Waals surface area contributed by atoms with E-state index in [1.54, 1.807) is 0 Å². The van der Waals surface area contributed by atoms with Crippen LogP contribution in [0.2, 0.25) is 0 Å². The number of likely N-dealkylation sites (tertiary alicyclic amines) is 1. The fourth-order valence-corrected chi connectivity index (χ4v) is 3.16. The minimum Gasteiger partial charge on any atom is -0.494 e. The van der Waals surface area contributed by atoms with Gasteiger partial charge in [0.2, 0.25) is 0 Å². The molecule has 4 nitrogen and oxygen atoms in total. The maximum absolute atomic E-state index is 10.8. The van der Waals surface area contributed by atoms with Crippen LogP contribution in [0.5, 0.6) is 11.5 Å². The van der Waals surface area contributed by atoms with Gasteiger partial charge in [-0.25, -0.2) is 0 Å². The monoisotopic (exact) mass is 327 g/mol. The largest absolute Gasteiger partial charge is 0.494 e. The molecule has 1 saturated heterocycles. The summed E-state index contributed by atoms with van der Waals surface area (Å²) in [6, 6.07) is 17.6. The Bertz CT molecular complexity index is 646. The smallest absolute Gasteiger partial charge is 0.123 e. The molecule has 0 aliphatic carbocycles. The zero-order valence-electron chi connectivity index (χ0n) is 14.1. The van der Waals surface area contributed by atoms with Crippen LogP contribution in [-0.2, 0) is 5.60 Å². The summed E-state index contributed by atoms with van der Waals surface area (Å²) < 4.78 is 11.3. The molecule has 0 bridgehead atoms. The number of nitrogens with zero attached hydrogens (tertiary/aromatic N) is 1. The Morgan fingerprint density at radius 1 is 1.04 bits per heavy atom. The molecular formula is C20H25NO3. The van der Waals surface area contributed by atoms with Gasteiger partial charge in [0, 0.05) is 25.7 Å². The molecule has 0 aromatic heterocycles. The molecule has 1 atom stereocenters. The SMILES string of the molecule is CCOc1cccc(OCCN2CCC(O)(c3ccccc3)C2)c1. The second-order valence-corrected chi connectivity index (χ2v) is 6.18. The van der Waals surface area contributed by atoms with E-state index in [0.717, 1.165) is 36.6 Å². The first-order chi connectivity index (χ1) is 11.7. The molecule has 2 aromatic carbocycles. The second kappa shape index (κ2) is 7.69. The summed E-state index contributed by atoms with van der Waals surface area (Å²) in [5.41, 5.74) is 0.258. The molecule has 0 amide bonds. The van der Waals surface area contributed by atoms with E-state index in [4.69, 9.17) is 9.47 Å². The van der Waals surface area contributed by atoms with E-state index in [-0.39, 0.29) is 0 Å². The number of hydrogen-bond acceptors (Lipinski definition) is 4. The number of β-amino-alcohol motifs (C(OH)–C–C–N with tert-alkyl or cyclic N) is 1. The van der Waals surface area contributed by atoms with Crippen molar-refractivity contribution in [3.8, 4) is 11.5 Å². The summed E-state index contributed by atoms with van der Waals surface area (Å²) in [7, 11) is 0. The Morgan fingerprint density at radius 2 is 1.79 bits per heavy atom. The minimum atomic E-state index is -0.740. The standard InChI is InChI=1S/C20H25NO3/c1-2-23-18-9-6-10-19(15-18)24-14-13-21-12-11-20(22,16-21)17-7-4-3-5-8-17/h3-10,15,22H,2,11-14,16H2,1H3. The van der Waals surface area contributed by atoms with E-state index < -0.39 is 5.60 Å². The lowest BCUT2D eigenvalue weighted by Gasteiger charge is -2.24. The van der Waals surface area contributed by atoms with Gasteiger partial charge in [-0.3, -0.25) is 4.90 Å². The van der Waals surface area contributed by atoms with Gasteiger partial charge < -0.3 is 14.6 Å². The van der Waals surface area contributed by atoms with E-state index in [0.29, 0.717) is 19.8 Å². The van der Waals surface area contributed by atoms with Crippen LogP contribution < -0.4 is 9.47 Å². The van der Waals surface area contributed by atoms with E-state index in [1.165, 1.54) is 0 Å². The topological polar surface area (TPSA) is 41.9 Å².